The van der Waals surface area contributed by atoms with E-state index in [1.807, 2.05) is 0 Å². The van der Waals surface area contributed by atoms with E-state index < -0.39 is 29.4 Å². The van der Waals surface area contributed by atoms with E-state index in [-0.39, 0.29) is 0 Å². The van der Waals surface area contributed by atoms with E-state index in [1.54, 1.807) is 26.8 Å². The van der Waals surface area contributed by atoms with Crippen LogP contribution in [0, 0.1) is 17.8 Å². The highest BCUT2D eigenvalue weighted by Gasteiger charge is 2.39. The minimum Gasteiger partial charge on any atom is -0.481 e. The Bertz CT molecular complexity index is 350. The molecule has 0 amide bonds. The Hall–Kier alpha value is -1.32. The molecule has 108 valence electrons. The van der Waals surface area contributed by atoms with E-state index in [0.29, 0.717) is 18.8 Å². The molecule has 0 spiro atoms. The zero-order valence-corrected chi connectivity index (χ0v) is 12.0. The monoisotopic (exact) mass is 268 g/mol. The van der Waals surface area contributed by atoms with Crippen LogP contribution in [-0.4, -0.2) is 22.6 Å². The number of ether oxygens (including phenoxy) is 1. The number of carboxylic acid groups (broad SMARTS) is 1. The molecule has 1 fully saturated rings. The predicted molar refractivity (Wildman–Crippen MR) is 72.6 cm³/mol. The van der Waals surface area contributed by atoms with Crippen LogP contribution in [0.4, 0.5) is 0 Å². The lowest BCUT2D eigenvalue weighted by Gasteiger charge is -2.26. The topological polar surface area (TPSA) is 63.6 Å². The minimum atomic E-state index is -0.912. The molecule has 1 aliphatic rings. The van der Waals surface area contributed by atoms with Crippen LogP contribution in [0.5, 0.6) is 0 Å². The van der Waals surface area contributed by atoms with Gasteiger partial charge < -0.3 is 9.84 Å². The first kappa shape index (κ1) is 15.7. The SMILES string of the molecule is C=CC[C@@H](C(=O)OC(C)(C)C)[C@@H](CC1CC1)C(=O)O. The number of esters is 1. The first-order valence-electron chi connectivity index (χ1n) is 6.81. The van der Waals surface area contributed by atoms with Gasteiger partial charge in [-0.1, -0.05) is 18.9 Å². The van der Waals surface area contributed by atoms with Crippen LogP contribution in [0.2, 0.25) is 0 Å². The van der Waals surface area contributed by atoms with Crippen LogP contribution in [0.15, 0.2) is 12.7 Å². The van der Waals surface area contributed by atoms with Gasteiger partial charge in [-0.2, -0.15) is 0 Å². The lowest BCUT2D eigenvalue weighted by atomic mass is 9.85. The molecule has 1 saturated carbocycles. The van der Waals surface area contributed by atoms with E-state index >= 15 is 0 Å². The smallest absolute Gasteiger partial charge is 0.310 e. The average molecular weight is 268 g/mol. The van der Waals surface area contributed by atoms with Crippen molar-refractivity contribution >= 4 is 11.9 Å². The summed E-state index contributed by atoms with van der Waals surface area (Å²) in [5.74, 6) is -2.18. The van der Waals surface area contributed by atoms with Crippen LogP contribution in [0.25, 0.3) is 0 Å². The maximum atomic E-state index is 12.2. The van der Waals surface area contributed by atoms with Crippen LogP contribution in [0.3, 0.4) is 0 Å². The number of allylic oxidation sites excluding steroid dienone is 1. The second kappa shape index (κ2) is 6.22. The number of carbonyl (C=O) groups excluding carboxylic acids is 1. The van der Waals surface area contributed by atoms with Crippen LogP contribution in [-0.2, 0) is 14.3 Å². The molecule has 0 aromatic heterocycles. The Kier molecular flexibility index (Phi) is 5.15. The summed E-state index contributed by atoms with van der Waals surface area (Å²) in [7, 11) is 0. The summed E-state index contributed by atoms with van der Waals surface area (Å²) in [6.07, 6.45) is 4.64. The summed E-state index contributed by atoms with van der Waals surface area (Å²) in [6, 6.07) is 0. The van der Waals surface area contributed by atoms with Gasteiger partial charge in [0.1, 0.15) is 5.60 Å². The van der Waals surface area contributed by atoms with E-state index in [0.717, 1.165) is 12.8 Å². The van der Waals surface area contributed by atoms with Gasteiger partial charge in [0.25, 0.3) is 0 Å². The van der Waals surface area contributed by atoms with Crippen molar-refractivity contribution in [3.05, 3.63) is 12.7 Å². The molecule has 19 heavy (non-hydrogen) atoms. The Balaban J connectivity index is 2.78. The van der Waals surface area contributed by atoms with Crippen molar-refractivity contribution in [1.29, 1.82) is 0 Å². The highest BCUT2D eigenvalue weighted by atomic mass is 16.6. The standard InChI is InChI=1S/C15H24O4/c1-5-6-11(14(18)19-15(2,3)4)12(13(16)17)9-10-7-8-10/h5,10-12H,1,6-9H2,2-4H3,(H,16,17)/t11-,12-/m1/s1. The van der Waals surface area contributed by atoms with Crippen molar-refractivity contribution in [3.8, 4) is 0 Å². The van der Waals surface area contributed by atoms with Gasteiger partial charge in [0.2, 0.25) is 0 Å². The van der Waals surface area contributed by atoms with E-state index in [2.05, 4.69) is 6.58 Å². The van der Waals surface area contributed by atoms with Gasteiger partial charge >= 0.3 is 11.9 Å². The maximum absolute atomic E-state index is 12.2. The normalized spacial score (nSPS) is 18.5. The van der Waals surface area contributed by atoms with Gasteiger partial charge in [-0.25, -0.2) is 0 Å². The molecule has 0 bridgehead atoms. The van der Waals surface area contributed by atoms with Gasteiger partial charge in [0, 0.05) is 0 Å². The lowest BCUT2D eigenvalue weighted by Crippen LogP contribution is -2.35. The highest BCUT2D eigenvalue weighted by Crippen LogP contribution is 2.38. The van der Waals surface area contributed by atoms with Crippen molar-refractivity contribution < 1.29 is 19.4 Å². The summed E-state index contributed by atoms with van der Waals surface area (Å²) in [5.41, 5.74) is -0.598. The number of carbonyl (C=O) groups is 2. The van der Waals surface area contributed by atoms with Crippen molar-refractivity contribution in [1.82, 2.24) is 0 Å². The second-order valence-corrected chi connectivity index (χ2v) is 6.29. The van der Waals surface area contributed by atoms with Crippen molar-refractivity contribution in [2.45, 2.75) is 52.1 Å². The minimum absolute atomic E-state index is 0.346. The lowest BCUT2D eigenvalue weighted by molar-refractivity contribution is -0.166. The molecule has 0 saturated heterocycles. The molecule has 4 heteroatoms. The molecule has 0 unspecified atom stereocenters. The fraction of sp³-hybridized carbons (Fsp3) is 0.733. The van der Waals surface area contributed by atoms with Crippen LogP contribution < -0.4 is 0 Å². The van der Waals surface area contributed by atoms with E-state index in [9.17, 15) is 14.7 Å². The fourth-order valence-electron chi connectivity index (χ4n) is 2.13. The van der Waals surface area contributed by atoms with Gasteiger partial charge in [0.15, 0.2) is 0 Å². The molecule has 1 rings (SSSR count). The molecular formula is C15H24O4. The number of hydrogen-bond donors (Lipinski definition) is 1. The molecular weight excluding hydrogens is 244 g/mol. The number of carboxylic acids is 1. The predicted octanol–water partition coefficient (Wildman–Crippen LogP) is 3.02. The molecule has 0 aromatic rings. The fourth-order valence-corrected chi connectivity index (χ4v) is 2.13. The zero-order chi connectivity index (χ0) is 14.6. The first-order chi connectivity index (χ1) is 8.74. The van der Waals surface area contributed by atoms with Crippen molar-refractivity contribution in [3.63, 3.8) is 0 Å². The van der Waals surface area contributed by atoms with E-state index in [4.69, 9.17) is 4.74 Å². The third kappa shape index (κ3) is 5.45. The molecule has 2 atom stereocenters. The average Bonchev–Trinajstić information content (AvgIpc) is 3.04. The summed E-state index contributed by atoms with van der Waals surface area (Å²) in [4.78, 5) is 23.6. The summed E-state index contributed by atoms with van der Waals surface area (Å²) >= 11 is 0. The molecule has 0 aliphatic heterocycles. The van der Waals surface area contributed by atoms with Crippen molar-refractivity contribution in [2.75, 3.05) is 0 Å². The Labute approximate surface area is 114 Å². The number of aliphatic carboxylic acids is 1. The molecule has 0 heterocycles. The number of rotatable bonds is 7. The van der Waals surface area contributed by atoms with Gasteiger partial charge in [-0.15, -0.1) is 6.58 Å². The summed E-state index contributed by atoms with van der Waals surface area (Å²) in [6.45, 7) is 8.97. The quantitative estimate of drug-likeness (QED) is 0.569. The Morgan fingerprint density at radius 1 is 1.37 bits per heavy atom. The largest absolute Gasteiger partial charge is 0.481 e. The maximum Gasteiger partial charge on any atom is 0.310 e. The summed E-state index contributed by atoms with van der Waals surface area (Å²) in [5, 5.41) is 9.35. The Morgan fingerprint density at radius 2 is 1.95 bits per heavy atom. The molecule has 4 nitrogen and oxygen atoms in total. The van der Waals surface area contributed by atoms with Crippen molar-refractivity contribution in [2.24, 2.45) is 17.8 Å². The first-order valence-corrected chi connectivity index (χ1v) is 6.81. The highest BCUT2D eigenvalue weighted by molar-refractivity contribution is 5.81. The van der Waals surface area contributed by atoms with Gasteiger partial charge in [-0.05, 0) is 39.5 Å². The number of hydrogen-bond acceptors (Lipinski definition) is 3. The Morgan fingerprint density at radius 3 is 2.32 bits per heavy atom. The van der Waals surface area contributed by atoms with Gasteiger partial charge in [0.05, 0.1) is 11.8 Å². The van der Waals surface area contributed by atoms with Crippen LogP contribution in [0.1, 0.15) is 46.5 Å². The third-order valence-corrected chi connectivity index (χ3v) is 3.22. The van der Waals surface area contributed by atoms with E-state index in [1.165, 1.54) is 0 Å². The summed E-state index contributed by atoms with van der Waals surface area (Å²) < 4.78 is 5.34. The molecule has 0 aromatic carbocycles. The molecule has 1 aliphatic carbocycles. The molecule has 1 N–H and O–H groups in total. The zero-order valence-electron chi connectivity index (χ0n) is 12.0. The third-order valence-electron chi connectivity index (χ3n) is 3.22. The second-order valence-electron chi connectivity index (χ2n) is 6.29. The molecule has 0 radical (unpaired) electrons. The van der Waals surface area contributed by atoms with Crippen LogP contribution >= 0.6 is 0 Å². The van der Waals surface area contributed by atoms with Gasteiger partial charge in [-0.3, -0.25) is 9.59 Å².